The highest BCUT2D eigenvalue weighted by Gasteiger charge is 2.18. The van der Waals surface area contributed by atoms with E-state index in [0.29, 0.717) is 12.2 Å². The van der Waals surface area contributed by atoms with Gasteiger partial charge in [0, 0.05) is 25.9 Å². The minimum Gasteiger partial charge on any atom is -0.477 e. The quantitative estimate of drug-likeness (QED) is 0.841. The normalized spacial score (nSPS) is 11.9. The number of likely N-dealkylation sites (N-methyl/N-ethyl adjacent to an activating group) is 1. The summed E-state index contributed by atoms with van der Waals surface area (Å²) in [5, 5.41) is 8.82. The van der Waals surface area contributed by atoms with Crippen LogP contribution in [0, 0.1) is 0 Å². The number of aromatic carboxylic acids is 1. The van der Waals surface area contributed by atoms with E-state index in [9.17, 15) is 9.59 Å². The molecule has 98 valence electrons. The van der Waals surface area contributed by atoms with Crippen LogP contribution in [-0.4, -0.2) is 53.7 Å². The summed E-state index contributed by atoms with van der Waals surface area (Å²) < 4.78 is 4.97. The first-order valence-corrected chi connectivity index (χ1v) is 5.42. The van der Waals surface area contributed by atoms with Crippen LogP contribution >= 0.6 is 0 Å². The summed E-state index contributed by atoms with van der Waals surface area (Å²) in [5.74, 6) is -1.42. The number of aromatic nitrogens is 1. The third-order valence-corrected chi connectivity index (χ3v) is 2.62. The third-order valence-electron chi connectivity index (χ3n) is 2.62. The van der Waals surface area contributed by atoms with E-state index in [-0.39, 0.29) is 17.6 Å². The predicted molar refractivity (Wildman–Crippen MR) is 64.6 cm³/mol. The molecule has 0 radical (unpaired) electrons. The Labute approximate surface area is 105 Å². The molecule has 0 fully saturated rings. The standard InChI is InChI=1S/C12H16N2O4/c1-8(7-18-3)14(2)11(15)9-4-5-13-10(6-9)12(16)17/h4-6,8H,7H2,1-3H3,(H,16,17). The van der Waals surface area contributed by atoms with Crippen molar-refractivity contribution in [2.75, 3.05) is 20.8 Å². The highest BCUT2D eigenvalue weighted by atomic mass is 16.5. The molecule has 18 heavy (non-hydrogen) atoms. The van der Waals surface area contributed by atoms with E-state index in [0.717, 1.165) is 0 Å². The Morgan fingerprint density at radius 3 is 2.78 bits per heavy atom. The first-order chi connectivity index (χ1) is 8.47. The molecule has 0 saturated carbocycles. The number of hydrogen-bond donors (Lipinski definition) is 1. The van der Waals surface area contributed by atoms with Crippen molar-refractivity contribution in [3.8, 4) is 0 Å². The fourth-order valence-electron chi connectivity index (χ4n) is 1.44. The number of pyridine rings is 1. The van der Waals surface area contributed by atoms with Gasteiger partial charge in [-0.2, -0.15) is 0 Å². The number of nitrogens with zero attached hydrogens (tertiary/aromatic N) is 2. The summed E-state index contributed by atoms with van der Waals surface area (Å²) in [4.78, 5) is 28.0. The molecule has 0 saturated heterocycles. The molecule has 6 heteroatoms. The van der Waals surface area contributed by atoms with Gasteiger partial charge in [0.1, 0.15) is 5.69 Å². The Hall–Kier alpha value is -1.95. The number of carbonyl (C=O) groups is 2. The van der Waals surface area contributed by atoms with E-state index in [1.807, 2.05) is 6.92 Å². The van der Waals surface area contributed by atoms with Gasteiger partial charge in [0.25, 0.3) is 5.91 Å². The smallest absolute Gasteiger partial charge is 0.354 e. The molecule has 1 aromatic rings. The van der Waals surface area contributed by atoms with Crippen molar-refractivity contribution in [2.24, 2.45) is 0 Å². The van der Waals surface area contributed by atoms with Crippen molar-refractivity contribution >= 4 is 11.9 Å². The average Bonchev–Trinajstić information content (AvgIpc) is 2.37. The average molecular weight is 252 g/mol. The van der Waals surface area contributed by atoms with Crippen LogP contribution in [0.5, 0.6) is 0 Å². The number of rotatable bonds is 5. The zero-order valence-electron chi connectivity index (χ0n) is 10.6. The van der Waals surface area contributed by atoms with Crippen molar-refractivity contribution < 1.29 is 19.4 Å². The Bertz CT molecular complexity index is 447. The Morgan fingerprint density at radius 2 is 2.22 bits per heavy atom. The van der Waals surface area contributed by atoms with Gasteiger partial charge >= 0.3 is 5.97 Å². The summed E-state index contributed by atoms with van der Waals surface area (Å²) in [6.07, 6.45) is 1.31. The molecule has 0 aromatic carbocycles. The SMILES string of the molecule is COCC(C)N(C)C(=O)c1ccnc(C(=O)O)c1. The van der Waals surface area contributed by atoms with Gasteiger partial charge in [-0.25, -0.2) is 9.78 Å². The summed E-state index contributed by atoms with van der Waals surface area (Å²) in [6.45, 7) is 2.26. The third kappa shape index (κ3) is 3.27. The minimum atomic E-state index is -1.16. The molecule has 0 aliphatic carbocycles. The fourth-order valence-corrected chi connectivity index (χ4v) is 1.44. The zero-order valence-corrected chi connectivity index (χ0v) is 10.6. The van der Waals surface area contributed by atoms with Crippen LogP contribution in [0.1, 0.15) is 27.8 Å². The lowest BCUT2D eigenvalue weighted by atomic mass is 10.2. The zero-order chi connectivity index (χ0) is 13.7. The number of amides is 1. The number of ether oxygens (including phenoxy) is 1. The first kappa shape index (κ1) is 14.1. The number of carbonyl (C=O) groups excluding carboxylic acids is 1. The second-order valence-corrected chi connectivity index (χ2v) is 3.96. The Balaban J connectivity index is 2.89. The highest BCUT2D eigenvalue weighted by Crippen LogP contribution is 2.08. The van der Waals surface area contributed by atoms with E-state index in [1.54, 1.807) is 14.2 Å². The maximum Gasteiger partial charge on any atom is 0.354 e. The largest absolute Gasteiger partial charge is 0.477 e. The summed E-state index contributed by atoms with van der Waals surface area (Å²) >= 11 is 0. The molecule has 1 rings (SSSR count). The maximum absolute atomic E-state index is 12.1. The molecule has 0 aliphatic rings. The second kappa shape index (κ2) is 6.11. The van der Waals surface area contributed by atoms with Gasteiger partial charge in [0.15, 0.2) is 0 Å². The highest BCUT2D eigenvalue weighted by molar-refractivity contribution is 5.96. The van der Waals surface area contributed by atoms with Gasteiger partial charge in [0.2, 0.25) is 0 Å². The van der Waals surface area contributed by atoms with Gasteiger partial charge < -0.3 is 14.7 Å². The van der Waals surface area contributed by atoms with E-state index in [2.05, 4.69) is 4.98 Å². The topological polar surface area (TPSA) is 79.7 Å². The molecule has 0 aliphatic heterocycles. The van der Waals surface area contributed by atoms with E-state index in [1.165, 1.54) is 23.2 Å². The molecular formula is C12H16N2O4. The van der Waals surface area contributed by atoms with Gasteiger partial charge in [-0.05, 0) is 19.1 Å². The molecular weight excluding hydrogens is 236 g/mol. The lowest BCUT2D eigenvalue weighted by Crippen LogP contribution is -2.37. The fraction of sp³-hybridized carbons (Fsp3) is 0.417. The summed E-state index contributed by atoms with van der Waals surface area (Å²) in [6, 6.07) is 2.66. The number of hydrogen-bond acceptors (Lipinski definition) is 4. The number of carboxylic acids is 1. The predicted octanol–water partition coefficient (Wildman–Crippen LogP) is 0.887. The lowest BCUT2D eigenvalue weighted by molar-refractivity contribution is 0.0633. The van der Waals surface area contributed by atoms with E-state index < -0.39 is 5.97 Å². The van der Waals surface area contributed by atoms with Gasteiger partial charge in [-0.15, -0.1) is 0 Å². The molecule has 1 aromatic heterocycles. The van der Waals surface area contributed by atoms with Crippen molar-refractivity contribution in [3.05, 3.63) is 29.6 Å². The molecule has 1 amide bonds. The van der Waals surface area contributed by atoms with Crippen LogP contribution < -0.4 is 0 Å². The molecule has 1 N–H and O–H groups in total. The molecule has 6 nitrogen and oxygen atoms in total. The Morgan fingerprint density at radius 1 is 1.56 bits per heavy atom. The minimum absolute atomic E-state index is 0.0936. The lowest BCUT2D eigenvalue weighted by Gasteiger charge is -2.24. The molecule has 0 spiro atoms. The van der Waals surface area contributed by atoms with Crippen LogP contribution in [0.25, 0.3) is 0 Å². The van der Waals surface area contributed by atoms with Crippen LogP contribution in [0.3, 0.4) is 0 Å². The van der Waals surface area contributed by atoms with Crippen LogP contribution in [-0.2, 0) is 4.74 Å². The van der Waals surface area contributed by atoms with Crippen molar-refractivity contribution in [1.82, 2.24) is 9.88 Å². The van der Waals surface area contributed by atoms with Gasteiger partial charge in [-0.3, -0.25) is 4.79 Å². The van der Waals surface area contributed by atoms with Crippen LogP contribution in [0.2, 0.25) is 0 Å². The summed E-state index contributed by atoms with van der Waals surface area (Å²) in [7, 11) is 3.21. The van der Waals surface area contributed by atoms with Crippen LogP contribution in [0.15, 0.2) is 18.3 Å². The second-order valence-electron chi connectivity index (χ2n) is 3.96. The van der Waals surface area contributed by atoms with Crippen molar-refractivity contribution in [2.45, 2.75) is 13.0 Å². The molecule has 1 atom stereocenters. The summed E-state index contributed by atoms with van der Waals surface area (Å²) in [5.41, 5.74) is 0.154. The maximum atomic E-state index is 12.1. The molecule has 1 heterocycles. The van der Waals surface area contributed by atoms with Crippen molar-refractivity contribution in [1.29, 1.82) is 0 Å². The van der Waals surface area contributed by atoms with Gasteiger partial charge in [-0.1, -0.05) is 0 Å². The number of methoxy groups -OCH3 is 1. The number of carboxylic acid groups (broad SMARTS) is 1. The van der Waals surface area contributed by atoms with Crippen molar-refractivity contribution in [3.63, 3.8) is 0 Å². The van der Waals surface area contributed by atoms with Crippen LogP contribution in [0.4, 0.5) is 0 Å². The van der Waals surface area contributed by atoms with Gasteiger partial charge in [0.05, 0.1) is 12.6 Å². The van der Waals surface area contributed by atoms with E-state index in [4.69, 9.17) is 9.84 Å². The molecule has 0 bridgehead atoms. The first-order valence-electron chi connectivity index (χ1n) is 5.42. The molecule has 1 unspecified atom stereocenters. The monoisotopic (exact) mass is 252 g/mol. The van der Waals surface area contributed by atoms with E-state index >= 15 is 0 Å². The Kier molecular flexibility index (Phi) is 4.79.